The molecule has 2 aromatic heterocycles. The molecule has 1 amide bonds. The van der Waals surface area contributed by atoms with Crippen molar-refractivity contribution >= 4 is 43.4 Å². The zero-order valence-corrected chi connectivity index (χ0v) is 18.3. The molecule has 0 spiro atoms. The normalized spacial score (nSPS) is 13.6. The second-order valence-corrected chi connectivity index (χ2v) is 9.86. The van der Waals surface area contributed by atoms with Crippen LogP contribution in [0.1, 0.15) is 27.2 Å². The fourth-order valence-electron chi connectivity index (χ4n) is 4.01. The van der Waals surface area contributed by atoms with Crippen LogP contribution in [-0.2, 0) is 19.5 Å². The van der Waals surface area contributed by atoms with E-state index in [1.165, 1.54) is 29.0 Å². The van der Waals surface area contributed by atoms with Crippen molar-refractivity contribution in [3.8, 4) is 0 Å². The fraction of sp³-hybridized carbons (Fsp3) is 0.174. The summed E-state index contributed by atoms with van der Waals surface area (Å²) < 4.78 is 31.4. The van der Waals surface area contributed by atoms with Gasteiger partial charge in [0, 0.05) is 24.7 Å². The van der Waals surface area contributed by atoms with Crippen LogP contribution in [0.15, 0.2) is 58.4 Å². The van der Waals surface area contributed by atoms with Gasteiger partial charge in [0.2, 0.25) is 0 Å². The van der Waals surface area contributed by atoms with Crippen LogP contribution in [0.25, 0.3) is 10.2 Å². The van der Waals surface area contributed by atoms with Gasteiger partial charge < -0.3 is 9.47 Å². The van der Waals surface area contributed by atoms with Gasteiger partial charge >= 0.3 is 0 Å². The van der Waals surface area contributed by atoms with Crippen molar-refractivity contribution in [1.29, 1.82) is 0 Å². The summed E-state index contributed by atoms with van der Waals surface area (Å²) in [5.41, 5.74) is 4.15. The number of rotatable bonds is 3. The molecule has 2 aromatic carbocycles. The first-order valence-electron chi connectivity index (χ1n) is 9.58. The van der Waals surface area contributed by atoms with E-state index in [9.17, 15) is 13.6 Å². The fourth-order valence-corrected chi connectivity index (χ4v) is 5.58. The molecule has 1 aliphatic rings. The summed E-state index contributed by atoms with van der Waals surface area (Å²) in [5, 5.41) is 0. The molecule has 5 rings (SSSR count). The number of nitrogens with zero attached hydrogens (tertiary/aromatic N) is 2. The lowest BCUT2D eigenvalue weighted by molar-refractivity contribution is 0.0724. The van der Waals surface area contributed by atoms with Crippen molar-refractivity contribution in [2.75, 3.05) is 6.54 Å². The lowest BCUT2D eigenvalue weighted by Gasteiger charge is -2.29. The number of benzene rings is 2. The summed E-state index contributed by atoms with van der Waals surface area (Å²) in [6, 6.07) is 15.5. The molecule has 152 valence electrons. The second-order valence-electron chi connectivity index (χ2n) is 7.40. The Morgan fingerprint density at radius 3 is 2.67 bits per heavy atom. The molecule has 0 unspecified atom stereocenters. The van der Waals surface area contributed by atoms with Crippen molar-refractivity contribution in [3.63, 3.8) is 0 Å². The number of fused-ring (bicyclic) bond motifs is 2. The van der Waals surface area contributed by atoms with Gasteiger partial charge in [-0.25, -0.2) is 8.78 Å². The first-order valence-corrected chi connectivity index (χ1v) is 11.2. The van der Waals surface area contributed by atoms with Gasteiger partial charge in [-0.3, -0.25) is 4.79 Å². The van der Waals surface area contributed by atoms with E-state index in [0.717, 1.165) is 32.1 Å². The molecule has 0 bridgehead atoms. The van der Waals surface area contributed by atoms with Crippen LogP contribution in [0.3, 0.4) is 0 Å². The lowest BCUT2D eigenvalue weighted by atomic mass is 10.00. The van der Waals surface area contributed by atoms with Gasteiger partial charge in [0.15, 0.2) is 0 Å². The van der Waals surface area contributed by atoms with Gasteiger partial charge in [0.1, 0.15) is 17.3 Å². The van der Waals surface area contributed by atoms with Gasteiger partial charge in [-0.2, -0.15) is 0 Å². The van der Waals surface area contributed by atoms with Crippen molar-refractivity contribution in [1.82, 2.24) is 9.47 Å². The summed E-state index contributed by atoms with van der Waals surface area (Å²) in [4.78, 5) is 15.3. The van der Waals surface area contributed by atoms with Gasteiger partial charge in [-0.05, 0) is 51.7 Å². The highest BCUT2D eigenvalue weighted by Gasteiger charge is 2.26. The molecule has 0 saturated carbocycles. The molecule has 30 heavy (non-hydrogen) atoms. The number of carbonyl (C=O) groups is 1. The van der Waals surface area contributed by atoms with E-state index in [-0.39, 0.29) is 12.5 Å². The van der Waals surface area contributed by atoms with Crippen molar-refractivity contribution < 1.29 is 13.6 Å². The maximum atomic E-state index is 14.3. The SMILES string of the molecule is O=C(c1cc2sc(Br)cc2n1Cc1ccc(F)cc1F)N1CCc2ccccc2C1. The molecule has 4 aromatic rings. The topological polar surface area (TPSA) is 25.2 Å². The van der Waals surface area contributed by atoms with Crippen molar-refractivity contribution in [2.45, 2.75) is 19.5 Å². The monoisotopic (exact) mass is 486 g/mol. The smallest absolute Gasteiger partial charge is 0.270 e. The third kappa shape index (κ3) is 3.46. The molecule has 3 nitrogen and oxygen atoms in total. The minimum absolute atomic E-state index is 0.0773. The quantitative estimate of drug-likeness (QED) is 0.349. The number of hydrogen-bond donors (Lipinski definition) is 0. The largest absolute Gasteiger partial charge is 0.333 e. The third-order valence-electron chi connectivity index (χ3n) is 5.54. The van der Waals surface area contributed by atoms with E-state index < -0.39 is 11.6 Å². The van der Waals surface area contributed by atoms with E-state index in [2.05, 4.69) is 28.1 Å². The summed E-state index contributed by atoms with van der Waals surface area (Å²) >= 11 is 5.02. The Hall–Kier alpha value is -2.51. The number of halogens is 3. The van der Waals surface area contributed by atoms with Crippen molar-refractivity contribution in [2.24, 2.45) is 0 Å². The standard InChI is InChI=1S/C23H17BrF2N2OS/c24-22-11-19-21(30-22)10-20(28(19)13-16-5-6-17(25)9-18(16)26)23(29)27-8-7-14-3-1-2-4-15(14)12-27/h1-6,9-11H,7-8,12-13H2. The van der Waals surface area contributed by atoms with Crippen LogP contribution in [0.4, 0.5) is 8.78 Å². The molecule has 0 N–H and O–H groups in total. The Labute approximate surface area is 184 Å². The number of thiophene rings is 1. The Morgan fingerprint density at radius 2 is 1.87 bits per heavy atom. The minimum atomic E-state index is -0.615. The number of hydrogen-bond acceptors (Lipinski definition) is 2. The number of aromatic nitrogens is 1. The van der Waals surface area contributed by atoms with Gasteiger partial charge in [-0.15, -0.1) is 11.3 Å². The van der Waals surface area contributed by atoms with Crippen LogP contribution in [0, 0.1) is 11.6 Å². The second kappa shape index (κ2) is 7.63. The number of carbonyl (C=O) groups excluding carboxylic acids is 1. The maximum Gasteiger partial charge on any atom is 0.270 e. The molecule has 0 saturated heterocycles. The molecule has 0 fully saturated rings. The summed E-state index contributed by atoms with van der Waals surface area (Å²) in [5.74, 6) is -1.31. The van der Waals surface area contributed by atoms with Crippen molar-refractivity contribution in [3.05, 3.63) is 92.4 Å². The van der Waals surface area contributed by atoms with Gasteiger partial charge in [-0.1, -0.05) is 30.3 Å². The van der Waals surface area contributed by atoms with E-state index in [4.69, 9.17) is 0 Å². The van der Waals surface area contributed by atoms with Crippen LogP contribution >= 0.6 is 27.3 Å². The molecule has 7 heteroatoms. The highest BCUT2D eigenvalue weighted by Crippen LogP contribution is 2.34. The molecule has 0 aliphatic carbocycles. The Kier molecular flexibility index (Phi) is 4.95. The Morgan fingerprint density at radius 1 is 1.07 bits per heavy atom. The van der Waals surface area contributed by atoms with Gasteiger partial charge in [0.05, 0.1) is 20.5 Å². The summed E-state index contributed by atoms with van der Waals surface area (Å²) in [6.07, 6.45) is 0.815. The third-order valence-corrected chi connectivity index (χ3v) is 7.11. The van der Waals surface area contributed by atoms with Crippen LogP contribution < -0.4 is 0 Å². The molecule has 0 atom stereocenters. The molecular weight excluding hydrogens is 470 g/mol. The number of amides is 1. The minimum Gasteiger partial charge on any atom is -0.333 e. The maximum absolute atomic E-state index is 14.3. The van der Waals surface area contributed by atoms with Crippen LogP contribution in [0.5, 0.6) is 0 Å². The van der Waals surface area contributed by atoms with E-state index in [0.29, 0.717) is 24.3 Å². The lowest BCUT2D eigenvalue weighted by Crippen LogP contribution is -2.37. The molecular formula is C23H17BrF2N2OS. The Bertz CT molecular complexity index is 1280. The molecule has 0 radical (unpaired) electrons. The predicted molar refractivity (Wildman–Crippen MR) is 118 cm³/mol. The van der Waals surface area contributed by atoms with Gasteiger partial charge in [0.25, 0.3) is 5.91 Å². The summed E-state index contributed by atoms with van der Waals surface area (Å²) in [6.45, 7) is 1.36. The predicted octanol–water partition coefficient (Wildman–Crippen LogP) is 5.99. The molecule has 1 aliphatic heterocycles. The first kappa shape index (κ1) is 19.5. The van der Waals surface area contributed by atoms with Crippen LogP contribution in [-0.4, -0.2) is 21.9 Å². The van der Waals surface area contributed by atoms with Crippen LogP contribution in [0.2, 0.25) is 0 Å². The molecule has 3 heterocycles. The first-order chi connectivity index (χ1) is 14.5. The van der Waals surface area contributed by atoms with E-state index >= 15 is 0 Å². The zero-order valence-electron chi connectivity index (χ0n) is 15.9. The van der Waals surface area contributed by atoms with E-state index in [1.54, 1.807) is 0 Å². The highest BCUT2D eigenvalue weighted by atomic mass is 79.9. The zero-order chi connectivity index (χ0) is 20.8. The van der Waals surface area contributed by atoms with E-state index in [1.807, 2.05) is 33.7 Å². The summed E-state index contributed by atoms with van der Waals surface area (Å²) in [7, 11) is 0. The highest BCUT2D eigenvalue weighted by molar-refractivity contribution is 9.11. The Balaban J connectivity index is 1.53. The average molecular weight is 487 g/mol. The average Bonchev–Trinajstić information content (AvgIpc) is 3.25.